The summed E-state index contributed by atoms with van der Waals surface area (Å²) < 4.78 is 11.5. The molecule has 3 heterocycles. The van der Waals surface area contributed by atoms with E-state index in [4.69, 9.17) is 9.47 Å². The number of aliphatic imine (C=N–C) groups is 1. The smallest absolute Gasteiger partial charge is 0.194 e. The summed E-state index contributed by atoms with van der Waals surface area (Å²) in [6.45, 7) is 5.80. The molecule has 2 aromatic rings. The van der Waals surface area contributed by atoms with Crippen molar-refractivity contribution in [3.05, 3.63) is 48.2 Å². The molecule has 0 amide bonds. The van der Waals surface area contributed by atoms with Crippen LogP contribution in [0, 0.1) is 0 Å². The molecule has 0 spiro atoms. The Balaban J connectivity index is 1.33. The second-order valence-electron chi connectivity index (χ2n) is 6.89. The second kappa shape index (κ2) is 8.82. The van der Waals surface area contributed by atoms with Crippen molar-refractivity contribution in [2.24, 2.45) is 4.99 Å². The van der Waals surface area contributed by atoms with Crippen molar-refractivity contribution in [1.29, 1.82) is 0 Å². The monoisotopic (exact) mass is 381 g/mol. The first-order chi connectivity index (χ1) is 13.8. The van der Waals surface area contributed by atoms with Crippen LogP contribution in [0.15, 0.2) is 47.6 Å². The van der Waals surface area contributed by atoms with Crippen LogP contribution in [0.2, 0.25) is 0 Å². The number of aromatic nitrogens is 1. The topological polar surface area (TPSA) is 62.2 Å². The molecule has 0 unspecified atom stereocenters. The van der Waals surface area contributed by atoms with Crippen LogP contribution in [0.4, 0.5) is 5.82 Å². The van der Waals surface area contributed by atoms with Crippen molar-refractivity contribution in [1.82, 2.24) is 15.2 Å². The van der Waals surface area contributed by atoms with Crippen molar-refractivity contribution in [2.45, 2.75) is 13.0 Å². The van der Waals surface area contributed by atoms with Crippen LogP contribution in [-0.2, 0) is 6.54 Å². The molecule has 0 bridgehead atoms. The van der Waals surface area contributed by atoms with Gasteiger partial charge in [-0.2, -0.15) is 0 Å². The van der Waals surface area contributed by atoms with Crippen molar-refractivity contribution < 1.29 is 9.47 Å². The van der Waals surface area contributed by atoms with E-state index >= 15 is 0 Å². The van der Waals surface area contributed by atoms with Crippen LogP contribution in [0.25, 0.3) is 0 Å². The van der Waals surface area contributed by atoms with Crippen molar-refractivity contribution in [2.75, 3.05) is 51.3 Å². The average molecular weight is 381 g/mol. The fourth-order valence-electron chi connectivity index (χ4n) is 3.52. The number of piperazine rings is 1. The van der Waals surface area contributed by atoms with Gasteiger partial charge in [-0.15, -0.1) is 0 Å². The van der Waals surface area contributed by atoms with Gasteiger partial charge in [0.05, 0.1) is 13.2 Å². The summed E-state index contributed by atoms with van der Waals surface area (Å²) in [5.41, 5.74) is 1.15. The summed E-state index contributed by atoms with van der Waals surface area (Å²) in [5, 5.41) is 3.48. The number of nitrogens with zero attached hydrogens (tertiary/aromatic N) is 4. The minimum Gasteiger partial charge on any atom is -0.490 e. The van der Waals surface area contributed by atoms with E-state index in [-0.39, 0.29) is 0 Å². The van der Waals surface area contributed by atoms with E-state index in [1.807, 2.05) is 31.4 Å². The zero-order valence-electron chi connectivity index (χ0n) is 16.3. The maximum atomic E-state index is 5.79. The summed E-state index contributed by atoms with van der Waals surface area (Å²) in [6, 6.07) is 12.2. The lowest BCUT2D eigenvalue weighted by atomic mass is 10.2. The maximum absolute atomic E-state index is 5.79. The first-order valence-electron chi connectivity index (χ1n) is 9.83. The standard InChI is InChI=1S/C21H27N5O2/c1-22-21(26-11-9-25(10-12-26)20-5-2-3-8-23-20)24-16-17-6-7-18-19(15-17)28-14-4-13-27-18/h2-3,5-8,15H,4,9-14,16H2,1H3,(H,22,24). The van der Waals surface area contributed by atoms with E-state index in [1.165, 1.54) is 0 Å². The minimum atomic E-state index is 0.698. The Labute approximate surface area is 166 Å². The molecule has 0 atom stereocenters. The number of rotatable bonds is 3. The van der Waals surface area contributed by atoms with Gasteiger partial charge in [-0.3, -0.25) is 4.99 Å². The molecule has 0 saturated carbocycles. The highest BCUT2D eigenvalue weighted by molar-refractivity contribution is 5.80. The largest absolute Gasteiger partial charge is 0.490 e. The van der Waals surface area contributed by atoms with Gasteiger partial charge < -0.3 is 24.6 Å². The number of anilines is 1. The molecule has 4 rings (SSSR count). The van der Waals surface area contributed by atoms with Crippen molar-refractivity contribution in [3.63, 3.8) is 0 Å². The number of pyridine rings is 1. The summed E-state index contributed by atoms with van der Waals surface area (Å²) in [4.78, 5) is 13.5. The number of ether oxygens (including phenoxy) is 2. The van der Waals surface area contributed by atoms with Gasteiger partial charge >= 0.3 is 0 Å². The third kappa shape index (κ3) is 4.30. The van der Waals surface area contributed by atoms with Crippen LogP contribution in [-0.4, -0.2) is 62.3 Å². The second-order valence-corrected chi connectivity index (χ2v) is 6.89. The highest BCUT2D eigenvalue weighted by Crippen LogP contribution is 2.30. The highest BCUT2D eigenvalue weighted by atomic mass is 16.5. The van der Waals surface area contributed by atoms with Gasteiger partial charge in [0.2, 0.25) is 0 Å². The lowest BCUT2D eigenvalue weighted by Crippen LogP contribution is -2.52. The molecule has 1 aromatic carbocycles. The SMILES string of the molecule is CN=C(NCc1ccc2c(c1)OCCCO2)N1CCN(c2ccccn2)CC1. The molecule has 0 aliphatic carbocycles. The van der Waals surface area contributed by atoms with E-state index in [0.717, 1.165) is 61.4 Å². The van der Waals surface area contributed by atoms with E-state index < -0.39 is 0 Å². The van der Waals surface area contributed by atoms with Crippen molar-refractivity contribution >= 4 is 11.8 Å². The molecule has 1 aromatic heterocycles. The zero-order chi connectivity index (χ0) is 19.2. The zero-order valence-corrected chi connectivity index (χ0v) is 16.3. The van der Waals surface area contributed by atoms with E-state index in [9.17, 15) is 0 Å². The predicted octanol–water partition coefficient (Wildman–Crippen LogP) is 2.14. The van der Waals surface area contributed by atoms with E-state index in [1.54, 1.807) is 0 Å². The molecule has 1 N–H and O–H groups in total. The third-order valence-electron chi connectivity index (χ3n) is 5.03. The van der Waals surface area contributed by atoms with Crippen LogP contribution >= 0.6 is 0 Å². The number of guanidine groups is 1. The summed E-state index contributed by atoms with van der Waals surface area (Å²) in [7, 11) is 1.83. The van der Waals surface area contributed by atoms with Gasteiger partial charge in [0.15, 0.2) is 17.5 Å². The van der Waals surface area contributed by atoms with Gasteiger partial charge in [-0.25, -0.2) is 4.98 Å². The molecule has 28 heavy (non-hydrogen) atoms. The fourth-order valence-corrected chi connectivity index (χ4v) is 3.52. The lowest BCUT2D eigenvalue weighted by molar-refractivity contribution is 0.297. The van der Waals surface area contributed by atoms with Gasteiger partial charge in [-0.05, 0) is 29.8 Å². The molecule has 1 saturated heterocycles. The highest BCUT2D eigenvalue weighted by Gasteiger charge is 2.20. The lowest BCUT2D eigenvalue weighted by Gasteiger charge is -2.37. The van der Waals surface area contributed by atoms with E-state index in [2.05, 4.69) is 43.3 Å². The van der Waals surface area contributed by atoms with Crippen LogP contribution in [0.1, 0.15) is 12.0 Å². The molecule has 1 fully saturated rings. The first kappa shape index (κ1) is 18.4. The summed E-state index contributed by atoms with van der Waals surface area (Å²) >= 11 is 0. The minimum absolute atomic E-state index is 0.698. The predicted molar refractivity (Wildman–Crippen MR) is 110 cm³/mol. The quantitative estimate of drug-likeness (QED) is 0.649. The molecule has 7 heteroatoms. The van der Waals surface area contributed by atoms with Crippen LogP contribution in [0.3, 0.4) is 0 Å². The molecule has 0 radical (unpaired) electrons. The number of hydrogen-bond donors (Lipinski definition) is 1. The van der Waals surface area contributed by atoms with Crippen LogP contribution < -0.4 is 19.7 Å². The molecular formula is C21H27N5O2. The Hall–Kier alpha value is -2.96. The summed E-state index contributed by atoms with van der Waals surface area (Å²) in [5.74, 6) is 3.62. The Morgan fingerprint density at radius 2 is 1.89 bits per heavy atom. The van der Waals surface area contributed by atoms with Gasteiger partial charge in [-0.1, -0.05) is 12.1 Å². The van der Waals surface area contributed by atoms with Crippen LogP contribution in [0.5, 0.6) is 11.5 Å². The average Bonchev–Trinajstić information content (AvgIpc) is 3.00. The Bertz CT molecular complexity index is 804. The van der Waals surface area contributed by atoms with Gasteiger partial charge in [0.25, 0.3) is 0 Å². The molecule has 2 aliphatic heterocycles. The molecule has 2 aliphatic rings. The maximum Gasteiger partial charge on any atom is 0.194 e. The van der Waals surface area contributed by atoms with Gasteiger partial charge in [0, 0.05) is 52.4 Å². The third-order valence-corrected chi connectivity index (χ3v) is 5.03. The first-order valence-corrected chi connectivity index (χ1v) is 9.83. The Morgan fingerprint density at radius 3 is 2.64 bits per heavy atom. The summed E-state index contributed by atoms with van der Waals surface area (Å²) in [6.07, 6.45) is 2.76. The van der Waals surface area contributed by atoms with Crippen molar-refractivity contribution in [3.8, 4) is 11.5 Å². The number of hydrogen-bond acceptors (Lipinski definition) is 5. The van der Waals surface area contributed by atoms with Gasteiger partial charge in [0.1, 0.15) is 5.82 Å². The molecule has 7 nitrogen and oxygen atoms in total. The molecular weight excluding hydrogens is 354 g/mol. The number of fused-ring (bicyclic) bond motifs is 1. The number of benzene rings is 1. The van der Waals surface area contributed by atoms with E-state index in [0.29, 0.717) is 19.8 Å². The molecule has 148 valence electrons. The fraction of sp³-hybridized carbons (Fsp3) is 0.429. The number of nitrogens with one attached hydrogen (secondary N) is 1. The Kier molecular flexibility index (Phi) is 5.80. The Morgan fingerprint density at radius 1 is 1.07 bits per heavy atom. The normalized spacial score (nSPS) is 17.2.